The Bertz CT molecular complexity index is 766. The molecule has 0 spiro atoms. The second-order valence-electron chi connectivity index (χ2n) is 5.43. The number of aromatic amines is 1. The van der Waals surface area contributed by atoms with Crippen LogP contribution < -0.4 is 4.72 Å². The molecule has 1 saturated carbocycles. The van der Waals surface area contributed by atoms with Crippen molar-refractivity contribution in [3.8, 4) is 0 Å². The van der Waals surface area contributed by atoms with Crippen molar-refractivity contribution >= 4 is 32.7 Å². The lowest BCUT2D eigenvalue weighted by molar-refractivity contribution is 0.0532. The summed E-state index contributed by atoms with van der Waals surface area (Å²) in [5.74, 6) is 0. The van der Waals surface area contributed by atoms with Gasteiger partial charge in [0.05, 0.1) is 16.0 Å². The third-order valence-electron chi connectivity index (χ3n) is 3.90. The summed E-state index contributed by atoms with van der Waals surface area (Å²) in [5.41, 5.74) is -0.524. The molecule has 21 heavy (non-hydrogen) atoms. The number of pyridine rings is 1. The number of H-pyrrole nitrogens is 1. The zero-order valence-electron chi connectivity index (χ0n) is 11.3. The van der Waals surface area contributed by atoms with Crippen molar-refractivity contribution in [2.75, 3.05) is 6.54 Å². The Balaban J connectivity index is 1.90. The number of sulfonamides is 1. The standard InChI is InChI=1S/C13H16ClN3O3S/c14-9-3-6-15-12-11(9)10(7-16-12)21(19,20)17-8-13(18)4-1-2-5-13/h3,6-7,17-18H,1-2,4-5,8H2,(H,15,16). The highest BCUT2D eigenvalue weighted by atomic mass is 35.5. The van der Waals surface area contributed by atoms with Gasteiger partial charge in [0.25, 0.3) is 0 Å². The predicted molar refractivity (Wildman–Crippen MR) is 79.7 cm³/mol. The molecule has 0 unspecified atom stereocenters. The third kappa shape index (κ3) is 2.78. The maximum absolute atomic E-state index is 12.4. The van der Waals surface area contributed by atoms with Gasteiger partial charge in [0, 0.05) is 18.9 Å². The van der Waals surface area contributed by atoms with Crippen LogP contribution >= 0.6 is 11.6 Å². The number of halogens is 1. The second kappa shape index (κ2) is 5.24. The molecule has 3 rings (SSSR count). The Morgan fingerprint density at radius 3 is 2.86 bits per heavy atom. The summed E-state index contributed by atoms with van der Waals surface area (Å²) < 4.78 is 27.3. The Morgan fingerprint density at radius 2 is 2.14 bits per heavy atom. The van der Waals surface area contributed by atoms with Gasteiger partial charge in [-0.1, -0.05) is 24.4 Å². The van der Waals surface area contributed by atoms with E-state index in [0.29, 0.717) is 28.9 Å². The van der Waals surface area contributed by atoms with Gasteiger partial charge in [-0.25, -0.2) is 18.1 Å². The number of aromatic nitrogens is 2. The van der Waals surface area contributed by atoms with Gasteiger partial charge in [0.1, 0.15) is 10.5 Å². The van der Waals surface area contributed by atoms with E-state index in [1.807, 2.05) is 0 Å². The summed E-state index contributed by atoms with van der Waals surface area (Å²) in [4.78, 5) is 6.89. The molecule has 6 nitrogen and oxygen atoms in total. The number of hydrogen-bond donors (Lipinski definition) is 3. The van der Waals surface area contributed by atoms with Crippen LogP contribution in [0, 0.1) is 0 Å². The van der Waals surface area contributed by atoms with Gasteiger partial charge in [-0.15, -0.1) is 0 Å². The number of rotatable bonds is 4. The number of aliphatic hydroxyl groups is 1. The van der Waals surface area contributed by atoms with E-state index in [1.165, 1.54) is 12.4 Å². The Hall–Kier alpha value is -1.15. The van der Waals surface area contributed by atoms with Crippen LogP contribution in [0.4, 0.5) is 0 Å². The number of fused-ring (bicyclic) bond motifs is 1. The molecule has 3 N–H and O–H groups in total. The monoisotopic (exact) mass is 329 g/mol. The summed E-state index contributed by atoms with van der Waals surface area (Å²) in [5, 5.41) is 10.9. The summed E-state index contributed by atoms with van der Waals surface area (Å²) in [6.07, 6.45) is 5.94. The minimum absolute atomic E-state index is 0.0138. The molecule has 2 aromatic heterocycles. The van der Waals surface area contributed by atoms with Gasteiger partial charge >= 0.3 is 0 Å². The van der Waals surface area contributed by atoms with E-state index < -0.39 is 15.6 Å². The second-order valence-corrected chi connectivity index (χ2v) is 7.57. The molecule has 0 saturated heterocycles. The van der Waals surface area contributed by atoms with Crippen LogP contribution in [0.25, 0.3) is 11.0 Å². The fourth-order valence-corrected chi connectivity index (χ4v) is 4.32. The molecule has 1 aliphatic rings. The Labute approximate surface area is 127 Å². The maximum atomic E-state index is 12.4. The molecule has 2 heterocycles. The average Bonchev–Trinajstić information content (AvgIpc) is 3.05. The highest BCUT2D eigenvalue weighted by Gasteiger charge is 2.33. The molecule has 114 valence electrons. The van der Waals surface area contributed by atoms with Crippen LogP contribution in [0.5, 0.6) is 0 Å². The van der Waals surface area contributed by atoms with Crippen LogP contribution in [-0.2, 0) is 10.0 Å². The fourth-order valence-electron chi connectivity index (χ4n) is 2.72. The van der Waals surface area contributed by atoms with Crippen LogP contribution in [0.2, 0.25) is 5.02 Å². The summed E-state index contributed by atoms with van der Waals surface area (Å²) in [7, 11) is -3.76. The van der Waals surface area contributed by atoms with Crippen LogP contribution in [0.15, 0.2) is 23.4 Å². The van der Waals surface area contributed by atoms with E-state index in [2.05, 4.69) is 14.7 Å². The lowest BCUT2D eigenvalue weighted by Crippen LogP contribution is -2.40. The Morgan fingerprint density at radius 1 is 1.43 bits per heavy atom. The minimum Gasteiger partial charge on any atom is -0.389 e. The summed E-state index contributed by atoms with van der Waals surface area (Å²) in [6, 6.07) is 1.54. The van der Waals surface area contributed by atoms with E-state index >= 15 is 0 Å². The average molecular weight is 330 g/mol. The largest absolute Gasteiger partial charge is 0.389 e. The van der Waals surface area contributed by atoms with E-state index in [-0.39, 0.29) is 11.4 Å². The summed E-state index contributed by atoms with van der Waals surface area (Å²) in [6.45, 7) is 0.0138. The first kappa shape index (κ1) is 14.8. The van der Waals surface area contributed by atoms with Gasteiger partial charge in [-0.3, -0.25) is 0 Å². The molecule has 0 aliphatic heterocycles. The molecule has 0 aromatic carbocycles. The molecule has 0 bridgehead atoms. The van der Waals surface area contributed by atoms with Gasteiger partial charge in [0.2, 0.25) is 10.0 Å². The van der Waals surface area contributed by atoms with E-state index in [4.69, 9.17) is 11.6 Å². The highest BCUT2D eigenvalue weighted by Crippen LogP contribution is 2.31. The van der Waals surface area contributed by atoms with Crippen molar-refractivity contribution in [1.29, 1.82) is 0 Å². The van der Waals surface area contributed by atoms with Crippen molar-refractivity contribution in [1.82, 2.24) is 14.7 Å². The summed E-state index contributed by atoms with van der Waals surface area (Å²) >= 11 is 6.06. The van der Waals surface area contributed by atoms with Gasteiger partial charge in [-0.05, 0) is 18.9 Å². The van der Waals surface area contributed by atoms with E-state index in [9.17, 15) is 13.5 Å². The first-order chi connectivity index (χ1) is 9.91. The van der Waals surface area contributed by atoms with Crippen molar-refractivity contribution in [3.63, 3.8) is 0 Å². The normalized spacial score (nSPS) is 18.4. The van der Waals surface area contributed by atoms with Crippen molar-refractivity contribution in [2.24, 2.45) is 0 Å². The quantitative estimate of drug-likeness (QED) is 0.797. The first-order valence-electron chi connectivity index (χ1n) is 6.75. The number of nitrogens with one attached hydrogen (secondary N) is 2. The Kier molecular flexibility index (Phi) is 3.69. The predicted octanol–water partition coefficient (Wildman–Crippen LogP) is 1.80. The smallest absolute Gasteiger partial charge is 0.242 e. The van der Waals surface area contributed by atoms with Crippen molar-refractivity contribution in [2.45, 2.75) is 36.2 Å². The van der Waals surface area contributed by atoms with E-state index in [0.717, 1.165) is 12.8 Å². The lowest BCUT2D eigenvalue weighted by atomic mass is 10.0. The van der Waals surface area contributed by atoms with Crippen molar-refractivity contribution in [3.05, 3.63) is 23.5 Å². The molecular formula is C13H16ClN3O3S. The topological polar surface area (TPSA) is 95.1 Å². The molecule has 0 atom stereocenters. The zero-order chi connectivity index (χ0) is 15.1. The first-order valence-corrected chi connectivity index (χ1v) is 8.61. The molecule has 1 fully saturated rings. The number of hydrogen-bond acceptors (Lipinski definition) is 4. The molecular weight excluding hydrogens is 314 g/mol. The highest BCUT2D eigenvalue weighted by molar-refractivity contribution is 7.89. The van der Waals surface area contributed by atoms with Crippen molar-refractivity contribution < 1.29 is 13.5 Å². The van der Waals surface area contributed by atoms with Crippen LogP contribution in [0.1, 0.15) is 25.7 Å². The molecule has 1 aliphatic carbocycles. The maximum Gasteiger partial charge on any atom is 0.242 e. The minimum atomic E-state index is -3.76. The van der Waals surface area contributed by atoms with Gasteiger partial charge < -0.3 is 10.1 Å². The van der Waals surface area contributed by atoms with Crippen LogP contribution in [0.3, 0.4) is 0 Å². The number of nitrogens with zero attached hydrogens (tertiary/aromatic N) is 1. The lowest BCUT2D eigenvalue weighted by Gasteiger charge is -2.22. The van der Waals surface area contributed by atoms with E-state index in [1.54, 1.807) is 6.07 Å². The molecule has 2 aromatic rings. The third-order valence-corrected chi connectivity index (χ3v) is 5.64. The fraction of sp³-hybridized carbons (Fsp3) is 0.462. The van der Waals surface area contributed by atoms with Gasteiger partial charge in [0.15, 0.2) is 0 Å². The molecule has 8 heteroatoms. The molecule has 0 amide bonds. The van der Waals surface area contributed by atoms with Gasteiger partial charge in [-0.2, -0.15) is 0 Å². The SMILES string of the molecule is O=S(=O)(NCC1(O)CCCC1)c1c[nH]c2nccc(Cl)c12. The van der Waals surface area contributed by atoms with Crippen LogP contribution in [-0.4, -0.2) is 35.6 Å². The molecule has 0 radical (unpaired) electrons. The zero-order valence-corrected chi connectivity index (χ0v) is 12.8.